The molecule has 2 aromatic carbocycles. The molecule has 1 amide bonds. The molecule has 0 fully saturated rings. The van der Waals surface area contributed by atoms with Crippen molar-refractivity contribution in [2.75, 3.05) is 18.1 Å². The van der Waals surface area contributed by atoms with Crippen molar-refractivity contribution in [1.82, 2.24) is 5.32 Å². The molecule has 3 rings (SSSR count). The molecule has 378 valence electrons. The predicted molar refractivity (Wildman–Crippen MR) is 276 cm³/mol. The van der Waals surface area contributed by atoms with Crippen LogP contribution >= 0.6 is 11.8 Å². The number of hydrogen-bond donors (Lipinski definition) is 1. The van der Waals surface area contributed by atoms with Crippen LogP contribution in [0.3, 0.4) is 0 Å². The molecular formula is C57H91NO8S. The summed E-state index contributed by atoms with van der Waals surface area (Å²) in [4.78, 5) is 52.7. The van der Waals surface area contributed by atoms with Gasteiger partial charge in [0.15, 0.2) is 0 Å². The largest absolute Gasteiger partial charge is 0.462 e. The smallest absolute Gasteiger partial charge is 0.408 e. The topological polar surface area (TPSA) is 117 Å². The van der Waals surface area contributed by atoms with Crippen LogP contribution in [0.5, 0.6) is 0 Å². The van der Waals surface area contributed by atoms with Crippen LogP contribution in [0.2, 0.25) is 0 Å². The molecule has 0 saturated carbocycles. The molecule has 0 aliphatic heterocycles. The van der Waals surface area contributed by atoms with E-state index in [1.165, 1.54) is 151 Å². The molecule has 67 heavy (non-hydrogen) atoms. The lowest BCUT2D eigenvalue weighted by molar-refractivity contribution is -0.158. The van der Waals surface area contributed by atoms with E-state index in [4.69, 9.17) is 18.9 Å². The molecule has 0 bridgehead atoms. The van der Waals surface area contributed by atoms with Gasteiger partial charge in [-0.25, -0.2) is 9.59 Å². The average molecular weight is 950 g/mol. The van der Waals surface area contributed by atoms with E-state index in [2.05, 4.69) is 37.4 Å². The summed E-state index contributed by atoms with van der Waals surface area (Å²) in [5.74, 6) is -0.798. The summed E-state index contributed by atoms with van der Waals surface area (Å²) in [5, 5.41) is 2.74. The second-order valence-electron chi connectivity index (χ2n) is 19.9. The van der Waals surface area contributed by atoms with Gasteiger partial charge in [-0.3, -0.25) is 9.59 Å². The molecule has 1 N–H and O–H groups in total. The summed E-state index contributed by atoms with van der Waals surface area (Å²) >= 11 is 1.33. The van der Waals surface area contributed by atoms with Crippen molar-refractivity contribution < 1.29 is 38.1 Å². The van der Waals surface area contributed by atoms with Crippen LogP contribution in [0.4, 0.5) is 4.79 Å². The first kappa shape index (κ1) is 57.8. The number of alkyl carbamates (subject to hydrolysis) is 1. The molecule has 0 aromatic heterocycles. The van der Waals surface area contributed by atoms with E-state index in [9.17, 15) is 19.2 Å². The Labute approximate surface area is 411 Å². The second-order valence-corrected chi connectivity index (χ2v) is 21.0. The Morgan fingerprint density at radius 3 is 1.61 bits per heavy atom. The maximum Gasteiger partial charge on any atom is 0.408 e. The van der Waals surface area contributed by atoms with Gasteiger partial charge >= 0.3 is 24.0 Å². The number of fused-ring (bicyclic) bond motifs is 3. The number of benzene rings is 2. The average Bonchev–Trinajstić information content (AvgIpc) is 3.69. The number of ether oxygens (including phenoxy) is 4. The molecular weight excluding hydrogens is 859 g/mol. The Kier molecular flexibility index (Phi) is 30.7. The van der Waals surface area contributed by atoms with Gasteiger partial charge in [-0.2, -0.15) is 11.8 Å². The number of nitrogens with one attached hydrogen (secondary N) is 1. The number of carbonyl (C=O) groups excluding carboxylic acids is 4. The van der Waals surface area contributed by atoms with E-state index in [0.717, 1.165) is 61.6 Å². The molecule has 10 heteroatoms. The van der Waals surface area contributed by atoms with Gasteiger partial charge in [0.25, 0.3) is 0 Å². The lowest BCUT2D eigenvalue weighted by Gasteiger charge is -2.25. The Balaban J connectivity index is 1.47. The van der Waals surface area contributed by atoms with Crippen LogP contribution in [0.1, 0.15) is 231 Å². The summed E-state index contributed by atoms with van der Waals surface area (Å²) < 4.78 is 23.0. The quantitative estimate of drug-likeness (QED) is 0.0339. The second kappa shape index (κ2) is 35.6. The molecule has 0 radical (unpaired) electrons. The van der Waals surface area contributed by atoms with Crippen molar-refractivity contribution in [3.8, 4) is 11.1 Å². The lowest BCUT2D eigenvalue weighted by Crippen LogP contribution is -2.46. The van der Waals surface area contributed by atoms with Crippen molar-refractivity contribution in [2.45, 2.75) is 245 Å². The molecule has 0 heterocycles. The highest BCUT2D eigenvalue weighted by atomic mass is 32.2. The summed E-state index contributed by atoms with van der Waals surface area (Å²) in [7, 11) is 0. The number of thioether (sulfide) groups is 1. The van der Waals surface area contributed by atoms with E-state index >= 15 is 0 Å². The van der Waals surface area contributed by atoms with Crippen molar-refractivity contribution in [3.05, 3.63) is 59.2 Å². The number of carbonyl (C=O) groups is 4. The van der Waals surface area contributed by atoms with Crippen molar-refractivity contribution in [3.63, 3.8) is 0 Å². The normalized spacial score (nSPS) is 12.8. The van der Waals surface area contributed by atoms with Gasteiger partial charge in [0.05, 0.1) is 0 Å². The molecule has 0 spiro atoms. The molecule has 0 unspecified atom stereocenters. The molecule has 0 saturated heterocycles. The zero-order chi connectivity index (χ0) is 48.4. The third kappa shape index (κ3) is 26.7. The van der Waals surface area contributed by atoms with Crippen LogP contribution in [0.15, 0.2) is 42.5 Å². The van der Waals surface area contributed by atoms with Gasteiger partial charge < -0.3 is 24.3 Å². The van der Waals surface area contributed by atoms with Crippen LogP contribution in [0.25, 0.3) is 11.1 Å². The monoisotopic (exact) mass is 950 g/mol. The minimum Gasteiger partial charge on any atom is -0.462 e. The SMILES string of the molecule is CCCCCCCCCCCCCCCC(=O)OC[C@H](CSC[C@H](NC(=O)OCc1cccc2c1Cc1ccccc1-2)C(=O)OC(C)(C)C)OC(=O)CCCCCCCCCCCCCCC. The lowest BCUT2D eigenvalue weighted by atomic mass is 10.0. The Morgan fingerprint density at radius 2 is 1.07 bits per heavy atom. The summed E-state index contributed by atoms with van der Waals surface area (Å²) in [5.41, 5.74) is 4.85. The fraction of sp³-hybridized carbons (Fsp3) is 0.719. The number of unbranched alkanes of at least 4 members (excludes halogenated alkanes) is 24. The highest BCUT2D eigenvalue weighted by Crippen LogP contribution is 2.38. The van der Waals surface area contributed by atoms with Crippen molar-refractivity contribution in [2.24, 2.45) is 0 Å². The first-order chi connectivity index (χ1) is 32.5. The van der Waals surface area contributed by atoms with Crippen LogP contribution in [-0.4, -0.2) is 59.9 Å². The Hall–Kier alpha value is -3.53. The first-order valence-electron chi connectivity index (χ1n) is 26.8. The van der Waals surface area contributed by atoms with Gasteiger partial charge in [0, 0.05) is 24.3 Å². The zero-order valence-electron chi connectivity index (χ0n) is 42.7. The van der Waals surface area contributed by atoms with E-state index in [1.54, 1.807) is 20.8 Å². The fourth-order valence-electron chi connectivity index (χ4n) is 8.74. The summed E-state index contributed by atoms with van der Waals surface area (Å²) in [6.45, 7) is 9.84. The molecule has 1 aliphatic carbocycles. The third-order valence-electron chi connectivity index (χ3n) is 12.6. The number of rotatable bonds is 39. The van der Waals surface area contributed by atoms with Crippen LogP contribution < -0.4 is 5.32 Å². The van der Waals surface area contributed by atoms with E-state index in [1.807, 2.05) is 24.3 Å². The summed E-state index contributed by atoms with van der Waals surface area (Å²) in [6.07, 6.45) is 31.8. The predicted octanol–water partition coefficient (Wildman–Crippen LogP) is 15.3. The van der Waals surface area contributed by atoms with Gasteiger partial charge in [-0.15, -0.1) is 0 Å². The minimum atomic E-state index is -1.03. The Morgan fingerprint density at radius 1 is 0.582 bits per heavy atom. The van der Waals surface area contributed by atoms with Gasteiger partial charge in [0.2, 0.25) is 0 Å². The van der Waals surface area contributed by atoms with Crippen molar-refractivity contribution >= 4 is 35.8 Å². The number of hydrogen-bond acceptors (Lipinski definition) is 9. The summed E-state index contributed by atoms with van der Waals surface area (Å²) in [6, 6.07) is 13.3. The highest BCUT2D eigenvalue weighted by molar-refractivity contribution is 7.99. The van der Waals surface area contributed by atoms with E-state index in [-0.39, 0.29) is 36.7 Å². The Bertz CT molecular complexity index is 1670. The molecule has 2 atom stereocenters. The van der Waals surface area contributed by atoms with Crippen molar-refractivity contribution in [1.29, 1.82) is 0 Å². The third-order valence-corrected chi connectivity index (χ3v) is 13.8. The molecule has 1 aliphatic rings. The standard InChI is InChI=1S/C57H91NO8S/c1-6-8-10-12-14-16-18-20-22-24-26-28-30-39-53(59)63-43-48(65-54(60)40-31-29-27-25-23-21-19-17-15-13-11-9-7-2)44-67-45-52(55(61)66-57(3,4)5)58-56(62)64-42-47-36-34-38-50-49-37-33-32-35-46(49)41-51(47)50/h32-38,48,52H,6-31,39-45H2,1-5H3,(H,58,62)/t48-,52+/m1/s1. The minimum absolute atomic E-state index is 0.0547. The first-order valence-corrected chi connectivity index (χ1v) is 27.9. The molecule has 9 nitrogen and oxygen atoms in total. The van der Waals surface area contributed by atoms with E-state index < -0.39 is 29.8 Å². The van der Waals surface area contributed by atoms with Gasteiger partial charge in [0.1, 0.15) is 31.0 Å². The molecule has 2 aromatic rings. The van der Waals surface area contributed by atoms with E-state index in [0.29, 0.717) is 12.8 Å². The zero-order valence-corrected chi connectivity index (χ0v) is 43.5. The van der Waals surface area contributed by atoms with Crippen LogP contribution in [-0.2, 0) is 46.4 Å². The highest BCUT2D eigenvalue weighted by Gasteiger charge is 2.29. The van der Waals surface area contributed by atoms with Crippen LogP contribution in [0, 0.1) is 0 Å². The number of esters is 3. The van der Waals surface area contributed by atoms with Gasteiger partial charge in [-0.05, 0) is 67.9 Å². The fourth-order valence-corrected chi connectivity index (χ4v) is 9.76. The maximum atomic E-state index is 13.4. The van der Waals surface area contributed by atoms with Gasteiger partial charge in [-0.1, -0.05) is 210 Å². The maximum absolute atomic E-state index is 13.4. The number of amides is 1.